The Morgan fingerprint density at radius 2 is 1.69 bits per heavy atom. The lowest BCUT2D eigenvalue weighted by Gasteiger charge is -2.55. The number of esters is 1. The van der Waals surface area contributed by atoms with Gasteiger partial charge in [0, 0.05) is 17.6 Å². The second kappa shape index (κ2) is 8.21. The zero-order valence-corrected chi connectivity index (χ0v) is 16.3. The number of aliphatic carboxylic acids is 1. The van der Waals surface area contributed by atoms with Crippen LogP contribution in [-0.4, -0.2) is 39.6 Å². The number of carbonyl (C=O) groups excluding carboxylic acids is 1. The SMILES string of the molecule is CC1(C)CC(CCOC(=O)CC(=O)O)CC(C)(C)N1Cc1ccccc1. The Labute approximate surface area is 156 Å². The van der Waals surface area contributed by atoms with E-state index in [9.17, 15) is 9.59 Å². The molecule has 0 unspecified atom stereocenters. The predicted molar refractivity (Wildman–Crippen MR) is 101 cm³/mol. The maximum Gasteiger partial charge on any atom is 0.317 e. The van der Waals surface area contributed by atoms with E-state index in [0.717, 1.165) is 25.8 Å². The highest BCUT2D eigenvalue weighted by molar-refractivity contribution is 5.90. The van der Waals surface area contributed by atoms with E-state index < -0.39 is 18.4 Å². The van der Waals surface area contributed by atoms with Crippen LogP contribution >= 0.6 is 0 Å². The number of likely N-dealkylation sites (tertiary alicyclic amines) is 1. The zero-order chi connectivity index (χ0) is 19.4. The Hall–Kier alpha value is -1.88. The molecule has 0 amide bonds. The first-order valence-electron chi connectivity index (χ1n) is 9.29. The van der Waals surface area contributed by atoms with E-state index in [0.29, 0.717) is 12.5 Å². The van der Waals surface area contributed by atoms with E-state index in [1.54, 1.807) is 0 Å². The number of piperidine rings is 1. The minimum Gasteiger partial charge on any atom is -0.481 e. The fourth-order valence-corrected chi connectivity index (χ4v) is 4.44. The maximum absolute atomic E-state index is 11.4. The predicted octanol–water partition coefficient (Wildman–Crippen LogP) is 3.86. The van der Waals surface area contributed by atoms with Crippen molar-refractivity contribution in [1.29, 1.82) is 0 Å². The molecule has 1 N–H and O–H groups in total. The van der Waals surface area contributed by atoms with Crippen molar-refractivity contribution in [1.82, 2.24) is 4.90 Å². The third-order valence-electron chi connectivity index (χ3n) is 5.31. The van der Waals surface area contributed by atoms with Crippen LogP contribution in [0.15, 0.2) is 30.3 Å². The summed E-state index contributed by atoms with van der Waals surface area (Å²) in [5, 5.41) is 8.61. The Balaban J connectivity index is 1.95. The third-order valence-corrected chi connectivity index (χ3v) is 5.31. The van der Waals surface area contributed by atoms with Gasteiger partial charge in [-0.1, -0.05) is 30.3 Å². The monoisotopic (exact) mass is 361 g/mol. The van der Waals surface area contributed by atoms with Crippen molar-refractivity contribution in [3.8, 4) is 0 Å². The molecule has 1 heterocycles. The van der Waals surface area contributed by atoms with Crippen molar-refractivity contribution in [3.05, 3.63) is 35.9 Å². The molecule has 5 heteroatoms. The van der Waals surface area contributed by atoms with E-state index in [1.165, 1.54) is 5.56 Å². The van der Waals surface area contributed by atoms with Crippen LogP contribution in [0.3, 0.4) is 0 Å². The average Bonchev–Trinajstić information content (AvgIpc) is 2.50. The van der Waals surface area contributed by atoms with Gasteiger partial charge in [0.1, 0.15) is 6.42 Å². The van der Waals surface area contributed by atoms with Crippen LogP contribution in [0.4, 0.5) is 0 Å². The third kappa shape index (κ3) is 5.56. The van der Waals surface area contributed by atoms with Crippen LogP contribution in [0.5, 0.6) is 0 Å². The number of rotatable bonds is 7. The van der Waals surface area contributed by atoms with E-state index in [1.807, 2.05) is 6.07 Å². The summed E-state index contributed by atoms with van der Waals surface area (Å²) in [6.45, 7) is 10.3. The fourth-order valence-electron chi connectivity index (χ4n) is 4.44. The molecule has 0 aliphatic carbocycles. The van der Waals surface area contributed by atoms with Crippen molar-refractivity contribution in [2.24, 2.45) is 5.92 Å². The van der Waals surface area contributed by atoms with Crippen LogP contribution in [0.1, 0.15) is 58.9 Å². The molecule has 5 nitrogen and oxygen atoms in total. The Kier molecular flexibility index (Phi) is 6.45. The molecule has 0 bridgehead atoms. The number of nitrogens with zero attached hydrogens (tertiary/aromatic N) is 1. The summed E-state index contributed by atoms with van der Waals surface area (Å²) in [6.07, 6.45) is 2.27. The van der Waals surface area contributed by atoms with E-state index in [-0.39, 0.29) is 11.1 Å². The number of carboxylic acids is 1. The van der Waals surface area contributed by atoms with Crippen LogP contribution in [0, 0.1) is 5.92 Å². The van der Waals surface area contributed by atoms with Gasteiger partial charge in [0.25, 0.3) is 0 Å². The number of benzene rings is 1. The molecule has 0 radical (unpaired) electrons. The van der Waals surface area contributed by atoms with E-state index in [4.69, 9.17) is 9.84 Å². The molecule has 1 aromatic rings. The van der Waals surface area contributed by atoms with Gasteiger partial charge >= 0.3 is 11.9 Å². The molecule has 144 valence electrons. The van der Waals surface area contributed by atoms with Gasteiger partial charge in [-0.2, -0.15) is 0 Å². The molecule has 0 aromatic heterocycles. The van der Waals surface area contributed by atoms with Gasteiger partial charge in [0.2, 0.25) is 0 Å². The highest BCUT2D eigenvalue weighted by atomic mass is 16.5. The number of hydrogen-bond acceptors (Lipinski definition) is 4. The Bertz CT molecular complexity index is 606. The summed E-state index contributed by atoms with van der Waals surface area (Å²) >= 11 is 0. The lowest BCUT2D eigenvalue weighted by atomic mass is 9.72. The molecule has 1 aromatic carbocycles. The summed E-state index contributed by atoms with van der Waals surface area (Å²) in [4.78, 5) is 24.5. The summed E-state index contributed by atoms with van der Waals surface area (Å²) in [7, 11) is 0. The van der Waals surface area contributed by atoms with E-state index >= 15 is 0 Å². The van der Waals surface area contributed by atoms with Crippen LogP contribution in [0.25, 0.3) is 0 Å². The molecule has 1 fully saturated rings. The first-order valence-corrected chi connectivity index (χ1v) is 9.29. The van der Waals surface area contributed by atoms with Gasteiger partial charge in [0.05, 0.1) is 6.61 Å². The smallest absolute Gasteiger partial charge is 0.317 e. The van der Waals surface area contributed by atoms with Gasteiger partial charge in [0.15, 0.2) is 0 Å². The van der Waals surface area contributed by atoms with Crippen LogP contribution in [-0.2, 0) is 20.9 Å². The molecule has 1 aliphatic heterocycles. The van der Waals surface area contributed by atoms with Crippen molar-refractivity contribution in [3.63, 3.8) is 0 Å². The van der Waals surface area contributed by atoms with Gasteiger partial charge in [-0.15, -0.1) is 0 Å². The van der Waals surface area contributed by atoms with Gasteiger partial charge in [-0.25, -0.2) is 0 Å². The van der Waals surface area contributed by atoms with E-state index in [2.05, 4.69) is 56.9 Å². The van der Waals surface area contributed by atoms with Crippen molar-refractivity contribution >= 4 is 11.9 Å². The minimum atomic E-state index is -1.15. The fraction of sp³-hybridized carbons (Fsp3) is 0.619. The molecule has 26 heavy (non-hydrogen) atoms. The van der Waals surface area contributed by atoms with Crippen molar-refractivity contribution in [2.75, 3.05) is 6.61 Å². The first kappa shape index (κ1) is 20.4. The number of hydrogen-bond donors (Lipinski definition) is 1. The highest BCUT2D eigenvalue weighted by Crippen LogP contribution is 2.43. The normalized spacial score (nSPS) is 19.8. The number of carbonyl (C=O) groups is 2. The quantitative estimate of drug-likeness (QED) is 0.590. The molecule has 0 saturated carbocycles. The summed E-state index contributed by atoms with van der Waals surface area (Å²) < 4.78 is 5.08. The molecule has 0 atom stereocenters. The molecule has 2 rings (SSSR count). The van der Waals surface area contributed by atoms with Crippen molar-refractivity contribution in [2.45, 2.75) is 71.0 Å². The Morgan fingerprint density at radius 1 is 1.12 bits per heavy atom. The summed E-state index contributed by atoms with van der Waals surface area (Å²) in [6, 6.07) is 10.5. The maximum atomic E-state index is 11.4. The molecular formula is C21H31NO4. The highest BCUT2D eigenvalue weighted by Gasteiger charge is 2.44. The van der Waals surface area contributed by atoms with Crippen LogP contribution < -0.4 is 0 Å². The molecule has 1 aliphatic rings. The topological polar surface area (TPSA) is 66.8 Å². The first-order chi connectivity index (χ1) is 12.1. The zero-order valence-electron chi connectivity index (χ0n) is 16.3. The van der Waals surface area contributed by atoms with Crippen molar-refractivity contribution < 1.29 is 19.4 Å². The summed E-state index contributed by atoms with van der Waals surface area (Å²) in [5.74, 6) is -1.35. The van der Waals surface area contributed by atoms with Crippen LogP contribution in [0.2, 0.25) is 0 Å². The largest absolute Gasteiger partial charge is 0.481 e. The molecular weight excluding hydrogens is 330 g/mol. The summed E-state index contributed by atoms with van der Waals surface area (Å²) in [5.41, 5.74) is 1.38. The van der Waals surface area contributed by atoms with Gasteiger partial charge in [-0.05, 0) is 58.4 Å². The number of ether oxygens (including phenoxy) is 1. The molecule has 1 saturated heterocycles. The molecule has 0 spiro atoms. The Morgan fingerprint density at radius 3 is 2.23 bits per heavy atom. The minimum absolute atomic E-state index is 0.0351. The van der Waals surface area contributed by atoms with Gasteiger partial charge < -0.3 is 9.84 Å². The average molecular weight is 361 g/mol. The lowest BCUT2D eigenvalue weighted by Crippen LogP contribution is -2.60. The van der Waals surface area contributed by atoms with Gasteiger partial charge in [-0.3, -0.25) is 14.5 Å². The number of carboxylic acid groups (broad SMARTS) is 1. The lowest BCUT2D eigenvalue weighted by molar-refractivity contribution is -0.151. The second-order valence-corrected chi connectivity index (χ2v) is 8.55. The standard InChI is InChI=1S/C21H31NO4/c1-20(2)13-17(10-11-26-19(25)12-18(23)24)14-21(3,4)22(20)15-16-8-6-5-7-9-16/h5-9,17H,10-15H2,1-4H3,(H,23,24). The second-order valence-electron chi connectivity index (χ2n) is 8.55.